The molecule has 0 spiro atoms. The van der Waals surface area contributed by atoms with E-state index in [0.717, 1.165) is 0 Å². The molecule has 0 bridgehead atoms. The summed E-state index contributed by atoms with van der Waals surface area (Å²) in [5, 5.41) is 8.63. The van der Waals surface area contributed by atoms with Crippen molar-refractivity contribution in [1.82, 2.24) is 4.90 Å². The highest BCUT2D eigenvalue weighted by Crippen LogP contribution is 2.08. The van der Waals surface area contributed by atoms with Crippen LogP contribution in [-0.2, 0) is 9.59 Å². The second-order valence-electron chi connectivity index (χ2n) is 3.87. The first-order valence-corrected chi connectivity index (χ1v) is 5.92. The maximum absolute atomic E-state index is 11.9. The SMILES string of the molecule is C=CCN(CCC(=O)O)C(=O)COc1ccccc1. The quantitative estimate of drug-likeness (QED) is 0.723. The van der Waals surface area contributed by atoms with Crippen LogP contribution >= 0.6 is 0 Å². The normalized spacial score (nSPS) is 9.68. The number of amides is 1. The summed E-state index contributed by atoms with van der Waals surface area (Å²) in [4.78, 5) is 23.8. The number of rotatable bonds is 8. The third kappa shape index (κ3) is 5.72. The Labute approximate surface area is 112 Å². The van der Waals surface area contributed by atoms with Crippen molar-refractivity contribution in [2.75, 3.05) is 19.7 Å². The molecule has 0 heterocycles. The standard InChI is InChI=1S/C14H17NO4/c1-2-9-15(10-8-14(17)18)13(16)11-19-12-6-4-3-5-7-12/h2-7H,1,8-11H2,(H,17,18). The molecule has 19 heavy (non-hydrogen) atoms. The number of carboxylic acids is 1. The first-order valence-electron chi connectivity index (χ1n) is 5.92. The van der Waals surface area contributed by atoms with Gasteiger partial charge in [-0.2, -0.15) is 0 Å². The maximum Gasteiger partial charge on any atom is 0.305 e. The van der Waals surface area contributed by atoms with E-state index in [1.165, 1.54) is 4.90 Å². The van der Waals surface area contributed by atoms with Gasteiger partial charge in [0, 0.05) is 13.1 Å². The van der Waals surface area contributed by atoms with E-state index in [9.17, 15) is 9.59 Å². The first kappa shape index (κ1) is 14.8. The van der Waals surface area contributed by atoms with Crippen LogP contribution in [0.3, 0.4) is 0 Å². The van der Waals surface area contributed by atoms with E-state index >= 15 is 0 Å². The minimum absolute atomic E-state index is 0.0923. The average molecular weight is 263 g/mol. The first-order chi connectivity index (χ1) is 9.13. The van der Waals surface area contributed by atoms with Gasteiger partial charge in [-0.05, 0) is 12.1 Å². The number of benzene rings is 1. The largest absolute Gasteiger partial charge is 0.484 e. The summed E-state index contributed by atoms with van der Waals surface area (Å²) in [6.45, 7) is 3.89. The number of carboxylic acid groups (broad SMARTS) is 1. The summed E-state index contributed by atoms with van der Waals surface area (Å²) in [5.74, 6) is -0.594. The number of carbonyl (C=O) groups is 2. The molecule has 5 nitrogen and oxygen atoms in total. The lowest BCUT2D eigenvalue weighted by Gasteiger charge is -2.20. The predicted octanol–water partition coefficient (Wildman–Crippen LogP) is 1.55. The van der Waals surface area contributed by atoms with Crippen molar-refractivity contribution in [2.45, 2.75) is 6.42 Å². The molecule has 1 N–H and O–H groups in total. The van der Waals surface area contributed by atoms with E-state index in [2.05, 4.69) is 6.58 Å². The Bertz CT molecular complexity index is 430. The van der Waals surface area contributed by atoms with Gasteiger partial charge in [0.15, 0.2) is 6.61 Å². The maximum atomic E-state index is 11.9. The molecule has 0 aliphatic rings. The number of ether oxygens (including phenoxy) is 1. The van der Waals surface area contributed by atoms with Gasteiger partial charge in [-0.15, -0.1) is 6.58 Å². The summed E-state index contributed by atoms with van der Waals surface area (Å²) < 4.78 is 5.33. The molecular weight excluding hydrogens is 246 g/mol. The third-order valence-electron chi connectivity index (χ3n) is 2.40. The Morgan fingerprint density at radius 3 is 2.58 bits per heavy atom. The predicted molar refractivity (Wildman–Crippen MR) is 71.0 cm³/mol. The van der Waals surface area contributed by atoms with Crippen molar-refractivity contribution in [2.24, 2.45) is 0 Å². The van der Waals surface area contributed by atoms with Crippen molar-refractivity contribution in [1.29, 1.82) is 0 Å². The van der Waals surface area contributed by atoms with E-state index in [0.29, 0.717) is 12.3 Å². The number of nitrogens with zero attached hydrogens (tertiary/aromatic N) is 1. The third-order valence-corrected chi connectivity index (χ3v) is 2.40. The Balaban J connectivity index is 2.47. The molecule has 0 fully saturated rings. The minimum Gasteiger partial charge on any atom is -0.484 e. The van der Waals surface area contributed by atoms with Crippen LogP contribution in [0.1, 0.15) is 6.42 Å². The fraction of sp³-hybridized carbons (Fsp3) is 0.286. The van der Waals surface area contributed by atoms with Crippen molar-refractivity contribution < 1.29 is 19.4 Å². The smallest absolute Gasteiger partial charge is 0.305 e. The van der Waals surface area contributed by atoms with E-state index < -0.39 is 5.97 Å². The Morgan fingerprint density at radius 2 is 2.00 bits per heavy atom. The van der Waals surface area contributed by atoms with Gasteiger partial charge < -0.3 is 14.7 Å². The highest BCUT2D eigenvalue weighted by atomic mass is 16.5. The lowest BCUT2D eigenvalue weighted by Crippen LogP contribution is -2.36. The molecule has 1 aromatic rings. The van der Waals surface area contributed by atoms with Crippen LogP contribution in [0, 0.1) is 0 Å². The van der Waals surface area contributed by atoms with E-state index in [-0.39, 0.29) is 25.5 Å². The van der Waals surface area contributed by atoms with Crippen molar-refractivity contribution in [3.05, 3.63) is 43.0 Å². The van der Waals surface area contributed by atoms with Crippen LogP contribution < -0.4 is 4.74 Å². The fourth-order valence-corrected chi connectivity index (χ4v) is 1.46. The average Bonchev–Trinajstić information content (AvgIpc) is 2.41. The van der Waals surface area contributed by atoms with Gasteiger partial charge in [0.05, 0.1) is 6.42 Å². The van der Waals surface area contributed by atoms with E-state index in [1.54, 1.807) is 18.2 Å². The van der Waals surface area contributed by atoms with Gasteiger partial charge in [0.2, 0.25) is 0 Å². The Morgan fingerprint density at radius 1 is 1.32 bits per heavy atom. The number of hydrogen-bond acceptors (Lipinski definition) is 3. The number of hydrogen-bond donors (Lipinski definition) is 1. The monoisotopic (exact) mass is 263 g/mol. The molecular formula is C14H17NO4. The Kier molecular flexibility index (Phi) is 6.15. The van der Waals surface area contributed by atoms with Gasteiger partial charge >= 0.3 is 5.97 Å². The molecule has 0 unspecified atom stereocenters. The van der Waals surface area contributed by atoms with Crippen molar-refractivity contribution in [3.63, 3.8) is 0 Å². The van der Waals surface area contributed by atoms with Gasteiger partial charge in [0.25, 0.3) is 5.91 Å². The molecule has 0 aliphatic carbocycles. The summed E-state index contributed by atoms with van der Waals surface area (Å²) >= 11 is 0. The van der Waals surface area contributed by atoms with E-state index in [4.69, 9.17) is 9.84 Å². The molecule has 1 rings (SSSR count). The van der Waals surface area contributed by atoms with Crippen LogP contribution in [0.4, 0.5) is 0 Å². The van der Waals surface area contributed by atoms with Crippen LogP contribution in [0.2, 0.25) is 0 Å². The van der Waals surface area contributed by atoms with Crippen LogP contribution in [0.25, 0.3) is 0 Å². The van der Waals surface area contributed by atoms with E-state index in [1.807, 2.05) is 18.2 Å². The van der Waals surface area contributed by atoms with Crippen LogP contribution in [0.15, 0.2) is 43.0 Å². The summed E-state index contributed by atoms with van der Waals surface area (Å²) in [7, 11) is 0. The zero-order valence-electron chi connectivity index (χ0n) is 10.6. The summed E-state index contributed by atoms with van der Waals surface area (Å²) in [5.41, 5.74) is 0. The van der Waals surface area contributed by atoms with Crippen molar-refractivity contribution >= 4 is 11.9 Å². The Hall–Kier alpha value is -2.30. The van der Waals surface area contributed by atoms with Crippen LogP contribution in [0.5, 0.6) is 5.75 Å². The molecule has 0 aliphatic heterocycles. The topological polar surface area (TPSA) is 66.8 Å². The molecule has 5 heteroatoms. The zero-order chi connectivity index (χ0) is 14.1. The van der Waals surface area contributed by atoms with Gasteiger partial charge in [-0.25, -0.2) is 0 Å². The fourth-order valence-electron chi connectivity index (χ4n) is 1.46. The number of aliphatic carboxylic acids is 1. The van der Waals surface area contributed by atoms with Crippen LogP contribution in [-0.4, -0.2) is 41.6 Å². The second kappa shape index (κ2) is 7.92. The lowest BCUT2D eigenvalue weighted by atomic mass is 10.3. The number of carbonyl (C=O) groups excluding carboxylic acids is 1. The molecule has 0 aromatic heterocycles. The van der Waals surface area contributed by atoms with Gasteiger partial charge in [-0.1, -0.05) is 24.3 Å². The molecule has 0 atom stereocenters. The summed E-state index contributed by atoms with van der Waals surface area (Å²) in [6, 6.07) is 8.98. The molecule has 0 saturated heterocycles. The number of para-hydroxylation sites is 1. The van der Waals surface area contributed by atoms with Gasteiger partial charge in [-0.3, -0.25) is 9.59 Å². The highest BCUT2D eigenvalue weighted by molar-refractivity contribution is 5.78. The molecule has 1 aromatic carbocycles. The molecule has 102 valence electrons. The minimum atomic E-state index is -0.939. The zero-order valence-corrected chi connectivity index (χ0v) is 10.6. The molecule has 1 amide bonds. The summed E-state index contributed by atoms with van der Waals surface area (Å²) in [6.07, 6.45) is 1.47. The second-order valence-corrected chi connectivity index (χ2v) is 3.87. The van der Waals surface area contributed by atoms with Gasteiger partial charge in [0.1, 0.15) is 5.75 Å². The lowest BCUT2D eigenvalue weighted by molar-refractivity contribution is -0.138. The molecule has 0 saturated carbocycles. The highest BCUT2D eigenvalue weighted by Gasteiger charge is 2.14. The van der Waals surface area contributed by atoms with Crippen molar-refractivity contribution in [3.8, 4) is 5.75 Å². The molecule has 0 radical (unpaired) electrons.